The van der Waals surface area contributed by atoms with Gasteiger partial charge in [-0.05, 0) is 0 Å². The summed E-state index contributed by atoms with van der Waals surface area (Å²) in [5.74, 6) is -3.43. The molecule has 8 N–H and O–H groups in total. The van der Waals surface area contributed by atoms with Gasteiger partial charge in [-0.1, -0.05) is 6.58 Å². The predicted molar refractivity (Wildman–Crippen MR) is 66.4 cm³/mol. The molecule has 5 fully saturated rings. The standard InChI is InChI=1S/C12H18N2O8/c1-3-13-8(17)4-6-10(19,2-15)7-5(16)11(4,14-3)9(18)12(20,21-6)22-7/h4-9,13-20H,1-2H2/t4?,5-,6?,7?,8?,9+,10?,11?,12?/m1/s1. The third-order valence-electron chi connectivity index (χ3n) is 5.31. The Morgan fingerprint density at radius 2 is 1.77 bits per heavy atom. The number of hydrogen-bond donors (Lipinski definition) is 8. The van der Waals surface area contributed by atoms with E-state index in [4.69, 9.17) is 9.47 Å². The molecule has 4 heterocycles. The molecule has 10 heteroatoms. The molecule has 4 bridgehead atoms. The highest BCUT2D eigenvalue weighted by atomic mass is 16.9. The minimum Gasteiger partial charge on any atom is -0.393 e. The zero-order chi connectivity index (χ0) is 16.1. The third kappa shape index (κ3) is 1.30. The van der Waals surface area contributed by atoms with Crippen molar-refractivity contribution in [3.05, 3.63) is 12.4 Å². The SMILES string of the molecule is C=C1NC(O)C2C3OC4(O)OC([C@@H](O)C2(N1)[C@@H]4O)C3(O)CO. The summed E-state index contributed by atoms with van der Waals surface area (Å²) in [6.45, 7) is 2.78. The molecule has 5 rings (SSSR count). The van der Waals surface area contributed by atoms with Gasteiger partial charge < -0.3 is 50.7 Å². The van der Waals surface area contributed by atoms with E-state index in [9.17, 15) is 30.6 Å². The summed E-state index contributed by atoms with van der Waals surface area (Å²) < 4.78 is 10.3. The van der Waals surface area contributed by atoms with Crippen molar-refractivity contribution in [2.75, 3.05) is 6.61 Å². The van der Waals surface area contributed by atoms with Gasteiger partial charge in [-0.15, -0.1) is 0 Å². The van der Waals surface area contributed by atoms with Crippen LogP contribution in [0.4, 0.5) is 0 Å². The van der Waals surface area contributed by atoms with Gasteiger partial charge in [0.2, 0.25) is 0 Å². The van der Waals surface area contributed by atoms with Gasteiger partial charge in [0.25, 0.3) is 0 Å². The molecule has 1 aliphatic carbocycles. The van der Waals surface area contributed by atoms with E-state index >= 15 is 0 Å². The van der Waals surface area contributed by atoms with Crippen LogP contribution in [0.25, 0.3) is 0 Å². The molecule has 7 unspecified atom stereocenters. The number of hydrogen-bond acceptors (Lipinski definition) is 10. The second-order valence-corrected chi connectivity index (χ2v) is 6.36. The first kappa shape index (κ1) is 14.6. The topological polar surface area (TPSA) is 164 Å². The minimum absolute atomic E-state index is 0.125. The molecule has 124 valence electrons. The fourth-order valence-corrected chi connectivity index (χ4v) is 4.35. The summed E-state index contributed by atoms with van der Waals surface area (Å²) in [5, 5.41) is 67.3. The first-order valence-electron chi connectivity index (χ1n) is 6.90. The Morgan fingerprint density at radius 3 is 2.41 bits per heavy atom. The molecule has 10 nitrogen and oxygen atoms in total. The first-order valence-corrected chi connectivity index (χ1v) is 6.90. The molecule has 0 aromatic rings. The molecule has 4 aliphatic heterocycles. The second-order valence-electron chi connectivity index (χ2n) is 6.36. The average molecular weight is 318 g/mol. The van der Waals surface area contributed by atoms with Gasteiger partial charge in [-0.3, -0.25) is 0 Å². The monoisotopic (exact) mass is 318 g/mol. The molecular formula is C12H18N2O8. The minimum atomic E-state index is -2.48. The smallest absolute Gasteiger partial charge is 0.311 e. The highest BCUT2D eigenvalue weighted by Crippen LogP contribution is 2.58. The van der Waals surface area contributed by atoms with Crippen LogP contribution in [0.2, 0.25) is 0 Å². The zero-order valence-corrected chi connectivity index (χ0v) is 11.4. The van der Waals surface area contributed by atoms with Crippen LogP contribution in [0, 0.1) is 5.92 Å². The van der Waals surface area contributed by atoms with Crippen molar-refractivity contribution in [2.24, 2.45) is 5.92 Å². The highest BCUT2D eigenvalue weighted by Gasteiger charge is 2.82. The van der Waals surface area contributed by atoms with Crippen molar-refractivity contribution in [1.82, 2.24) is 10.6 Å². The van der Waals surface area contributed by atoms with Crippen LogP contribution >= 0.6 is 0 Å². The van der Waals surface area contributed by atoms with E-state index in [0.29, 0.717) is 0 Å². The second kappa shape index (κ2) is 3.91. The molecular weight excluding hydrogens is 300 g/mol. The van der Waals surface area contributed by atoms with Crippen molar-refractivity contribution in [1.29, 1.82) is 0 Å². The molecule has 9 atom stereocenters. The Balaban J connectivity index is 1.93. The predicted octanol–water partition coefficient (Wildman–Crippen LogP) is -4.77. The Bertz CT molecular complexity index is 547. The Hall–Kier alpha value is -0.980. The van der Waals surface area contributed by atoms with E-state index in [2.05, 4.69) is 17.2 Å². The summed E-state index contributed by atoms with van der Waals surface area (Å²) in [7, 11) is 0. The molecule has 5 aliphatic rings. The lowest BCUT2D eigenvalue weighted by Gasteiger charge is -2.72. The Morgan fingerprint density at radius 1 is 1.14 bits per heavy atom. The van der Waals surface area contributed by atoms with Crippen LogP contribution in [0.5, 0.6) is 0 Å². The van der Waals surface area contributed by atoms with Gasteiger partial charge in [0.15, 0.2) is 6.10 Å². The first-order chi connectivity index (χ1) is 10.2. The molecule has 0 aromatic heterocycles. The number of ether oxygens (including phenoxy) is 2. The maximum absolute atomic E-state index is 10.6. The van der Waals surface area contributed by atoms with Crippen molar-refractivity contribution in [3.8, 4) is 0 Å². The van der Waals surface area contributed by atoms with Gasteiger partial charge in [-0.25, -0.2) is 0 Å². The normalized spacial score (nSPS) is 62.4. The van der Waals surface area contributed by atoms with Gasteiger partial charge in [0, 0.05) is 0 Å². The van der Waals surface area contributed by atoms with E-state index < -0.39 is 60.3 Å². The van der Waals surface area contributed by atoms with Gasteiger partial charge in [0.05, 0.1) is 18.3 Å². The molecule has 0 radical (unpaired) electrons. The molecule has 22 heavy (non-hydrogen) atoms. The third-order valence-corrected chi connectivity index (χ3v) is 5.31. The molecule has 1 saturated carbocycles. The Labute approximate surface area is 124 Å². The largest absolute Gasteiger partial charge is 0.393 e. The van der Waals surface area contributed by atoms with E-state index in [1.807, 2.05) is 0 Å². The number of aliphatic hydroxyl groups excluding tert-OH is 4. The van der Waals surface area contributed by atoms with Crippen molar-refractivity contribution < 1.29 is 40.1 Å². The summed E-state index contributed by atoms with van der Waals surface area (Å²) in [6.07, 6.45) is -7.37. The van der Waals surface area contributed by atoms with Crippen molar-refractivity contribution >= 4 is 0 Å². The maximum atomic E-state index is 10.6. The van der Waals surface area contributed by atoms with Crippen LogP contribution in [0.3, 0.4) is 0 Å². The van der Waals surface area contributed by atoms with Crippen LogP contribution < -0.4 is 10.6 Å². The van der Waals surface area contributed by atoms with E-state index in [0.717, 1.165) is 0 Å². The van der Waals surface area contributed by atoms with E-state index in [1.165, 1.54) is 0 Å². The summed E-state index contributed by atoms with van der Waals surface area (Å²) >= 11 is 0. The molecule has 0 amide bonds. The lowest BCUT2D eigenvalue weighted by Crippen LogP contribution is -2.95. The van der Waals surface area contributed by atoms with E-state index in [1.54, 1.807) is 0 Å². The maximum Gasteiger partial charge on any atom is 0.311 e. The summed E-state index contributed by atoms with van der Waals surface area (Å²) in [6, 6.07) is 0. The van der Waals surface area contributed by atoms with Gasteiger partial charge in [0.1, 0.15) is 35.7 Å². The van der Waals surface area contributed by atoms with Gasteiger partial charge >= 0.3 is 5.97 Å². The molecule has 4 saturated heterocycles. The Kier molecular flexibility index (Phi) is 2.60. The average Bonchev–Trinajstić information content (AvgIpc) is 2.45. The molecule has 1 spiro atoms. The zero-order valence-electron chi connectivity index (χ0n) is 11.4. The fraction of sp³-hybridized carbons (Fsp3) is 0.833. The fourth-order valence-electron chi connectivity index (χ4n) is 4.35. The molecule has 0 aromatic carbocycles. The number of nitrogens with one attached hydrogen (secondary N) is 2. The van der Waals surface area contributed by atoms with Gasteiger partial charge in [-0.2, -0.15) is 0 Å². The lowest BCUT2D eigenvalue weighted by molar-refractivity contribution is -0.550. The van der Waals surface area contributed by atoms with Crippen molar-refractivity contribution in [2.45, 2.75) is 47.8 Å². The summed E-state index contributed by atoms with van der Waals surface area (Å²) in [4.78, 5) is 0. The number of rotatable bonds is 1. The summed E-state index contributed by atoms with van der Waals surface area (Å²) in [5.41, 5.74) is -3.70. The lowest BCUT2D eigenvalue weighted by atomic mass is 9.55. The van der Waals surface area contributed by atoms with E-state index in [-0.39, 0.29) is 5.82 Å². The number of aliphatic hydroxyl groups is 6. The van der Waals surface area contributed by atoms with Crippen LogP contribution in [-0.4, -0.2) is 85.0 Å². The highest BCUT2D eigenvalue weighted by molar-refractivity contribution is 5.31. The quantitative estimate of drug-likeness (QED) is 0.235. The van der Waals surface area contributed by atoms with Crippen molar-refractivity contribution in [3.63, 3.8) is 0 Å². The van der Waals surface area contributed by atoms with Crippen LogP contribution in [-0.2, 0) is 9.47 Å². The van der Waals surface area contributed by atoms with Crippen LogP contribution in [0.1, 0.15) is 0 Å². The van der Waals surface area contributed by atoms with Crippen LogP contribution in [0.15, 0.2) is 12.4 Å².